The molecule has 4 nitrogen and oxygen atoms in total. The molecular weight excluding hydrogens is 180 g/mol. The molecule has 0 bridgehead atoms. The quantitative estimate of drug-likeness (QED) is 0.468. The average Bonchev–Trinajstić information content (AvgIpc) is 2.68. The van der Waals surface area contributed by atoms with Crippen LogP contribution in [0.5, 0.6) is 0 Å². The van der Waals surface area contributed by atoms with E-state index in [1.165, 1.54) is 0 Å². The van der Waals surface area contributed by atoms with Crippen LogP contribution in [-0.2, 0) is 0 Å². The molecule has 0 amide bonds. The first-order chi connectivity index (χ1) is 6.74. The van der Waals surface area contributed by atoms with Crippen LogP contribution in [0.25, 0.3) is 11.3 Å². The summed E-state index contributed by atoms with van der Waals surface area (Å²) in [4.78, 5) is 2.90. The van der Waals surface area contributed by atoms with E-state index in [-0.39, 0.29) is 13.2 Å². The van der Waals surface area contributed by atoms with Gasteiger partial charge in [0, 0.05) is 11.4 Å². The van der Waals surface area contributed by atoms with Crippen LogP contribution in [0.4, 0.5) is 0 Å². The number of nitrogens with one attached hydrogen (secondary N) is 1. The van der Waals surface area contributed by atoms with E-state index in [1.54, 1.807) is 18.3 Å². The van der Waals surface area contributed by atoms with Gasteiger partial charge in [-0.2, -0.15) is 0 Å². The number of aliphatic hydroxyl groups is 2. The molecule has 4 heteroatoms. The first kappa shape index (κ1) is 10.6. The highest BCUT2D eigenvalue weighted by atomic mass is 16.3. The third-order valence-electron chi connectivity index (χ3n) is 2.00. The van der Waals surface area contributed by atoms with Crippen molar-refractivity contribution in [3.8, 4) is 0 Å². The fourth-order valence-corrected chi connectivity index (χ4v) is 1.24. The molecule has 0 aliphatic carbocycles. The predicted octanol–water partition coefficient (Wildman–Crippen LogP) is -1.60. The van der Waals surface area contributed by atoms with Crippen LogP contribution < -0.4 is 16.3 Å². The molecule has 0 fully saturated rings. The second-order valence-electron chi connectivity index (χ2n) is 2.84. The van der Waals surface area contributed by atoms with Crippen LogP contribution in [0.15, 0.2) is 24.9 Å². The van der Waals surface area contributed by atoms with Crippen molar-refractivity contribution >= 4 is 11.3 Å². The van der Waals surface area contributed by atoms with Crippen molar-refractivity contribution in [3.05, 3.63) is 35.5 Å². The van der Waals surface area contributed by atoms with Gasteiger partial charge < -0.3 is 20.9 Å². The number of H-pyrrole nitrogens is 1. The maximum absolute atomic E-state index is 9.04. The number of rotatable bonds is 3. The highest BCUT2D eigenvalue weighted by molar-refractivity contribution is 5.57. The van der Waals surface area contributed by atoms with E-state index in [0.717, 1.165) is 5.22 Å². The van der Waals surface area contributed by atoms with Crippen LogP contribution in [0.3, 0.4) is 0 Å². The second-order valence-corrected chi connectivity index (χ2v) is 2.84. The lowest BCUT2D eigenvalue weighted by Crippen LogP contribution is -2.32. The van der Waals surface area contributed by atoms with Gasteiger partial charge in [0.2, 0.25) is 0 Å². The SMILES string of the molecule is C=C/C(CO)=c1/cc[nH]/c1=C(/N)CO. The summed E-state index contributed by atoms with van der Waals surface area (Å²) in [5.41, 5.74) is 6.62. The molecule has 76 valence electrons. The Balaban J connectivity index is 3.59. The van der Waals surface area contributed by atoms with Gasteiger partial charge in [-0.05, 0) is 11.6 Å². The third-order valence-corrected chi connectivity index (χ3v) is 2.00. The lowest BCUT2D eigenvalue weighted by molar-refractivity contribution is 0.346. The molecule has 1 aromatic rings. The van der Waals surface area contributed by atoms with Gasteiger partial charge in [0.1, 0.15) is 0 Å². The summed E-state index contributed by atoms with van der Waals surface area (Å²) in [5, 5.41) is 19.3. The zero-order valence-corrected chi connectivity index (χ0v) is 7.83. The van der Waals surface area contributed by atoms with Gasteiger partial charge in [0.05, 0.1) is 24.3 Å². The fourth-order valence-electron chi connectivity index (χ4n) is 1.24. The van der Waals surface area contributed by atoms with E-state index >= 15 is 0 Å². The molecule has 14 heavy (non-hydrogen) atoms. The molecular formula is C10H14N2O2. The van der Waals surface area contributed by atoms with Gasteiger partial charge in [-0.1, -0.05) is 12.7 Å². The summed E-state index contributed by atoms with van der Waals surface area (Å²) in [6.45, 7) is 3.27. The Hall–Kier alpha value is -1.52. The Kier molecular flexibility index (Phi) is 3.50. The van der Waals surface area contributed by atoms with E-state index in [4.69, 9.17) is 15.9 Å². The monoisotopic (exact) mass is 194 g/mol. The van der Waals surface area contributed by atoms with Crippen molar-refractivity contribution in [2.45, 2.75) is 0 Å². The molecule has 0 aliphatic rings. The molecule has 0 aromatic carbocycles. The Morgan fingerprint density at radius 3 is 2.71 bits per heavy atom. The number of aromatic amines is 1. The smallest absolute Gasteiger partial charge is 0.0846 e. The molecule has 1 heterocycles. The highest BCUT2D eigenvalue weighted by Crippen LogP contribution is 1.89. The van der Waals surface area contributed by atoms with Gasteiger partial charge in [-0.25, -0.2) is 0 Å². The van der Waals surface area contributed by atoms with Crippen molar-refractivity contribution in [3.63, 3.8) is 0 Å². The maximum Gasteiger partial charge on any atom is 0.0846 e. The van der Waals surface area contributed by atoms with Gasteiger partial charge in [-0.15, -0.1) is 0 Å². The van der Waals surface area contributed by atoms with Gasteiger partial charge >= 0.3 is 0 Å². The van der Waals surface area contributed by atoms with Crippen molar-refractivity contribution in [2.75, 3.05) is 13.2 Å². The van der Waals surface area contributed by atoms with Crippen LogP contribution in [0.1, 0.15) is 0 Å². The standard InChI is InChI=1S/C10H14N2O2/c1-2-7(5-13)8-3-4-12-10(8)9(11)6-14/h2-4,12-14H,1,5-6,11H2/b8-7+,10-9+. The normalized spacial score (nSPS) is 15.0. The molecule has 0 spiro atoms. The van der Waals surface area contributed by atoms with Gasteiger partial charge in [0.15, 0.2) is 0 Å². The summed E-state index contributed by atoms with van der Waals surface area (Å²) in [7, 11) is 0. The van der Waals surface area contributed by atoms with E-state index in [9.17, 15) is 0 Å². The molecule has 0 unspecified atom stereocenters. The van der Waals surface area contributed by atoms with E-state index < -0.39 is 0 Å². The molecule has 1 rings (SSSR count). The number of hydrogen-bond donors (Lipinski definition) is 4. The van der Waals surface area contributed by atoms with Gasteiger partial charge in [-0.3, -0.25) is 0 Å². The van der Waals surface area contributed by atoms with Gasteiger partial charge in [0.25, 0.3) is 0 Å². The fraction of sp³-hybridized carbons (Fsp3) is 0.200. The minimum Gasteiger partial charge on any atom is -0.398 e. The van der Waals surface area contributed by atoms with Crippen LogP contribution in [0.2, 0.25) is 0 Å². The molecule has 0 aliphatic heterocycles. The zero-order chi connectivity index (χ0) is 10.6. The second kappa shape index (κ2) is 4.64. The number of aromatic nitrogens is 1. The van der Waals surface area contributed by atoms with Crippen molar-refractivity contribution in [1.82, 2.24) is 4.98 Å². The highest BCUT2D eigenvalue weighted by Gasteiger charge is 1.97. The first-order valence-electron chi connectivity index (χ1n) is 4.24. The minimum absolute atomic E-state index is 0.104. The number of hydrogen-bond acceptors (Lipinski definition) is 3. The van der Waals surface area contributed by atoms with Crippen LogP contribution in [0, 0.1) is 0 Å². The van der Waals surface area contributed by atoms with Crippen molar-refractivity contribution in [2.24, 2.45) is 5.73 Å². The lowest BCUT2D eigenvalue weighted by Gasteiger charge is -1.96. The lowest BCUT2D eigenvalue weighted by atomic mass is 10.2. The molecule has 0 radical (unpaired) electrons. The Morgan fingerprint density at radius 1 is 1.50 bits per heavy atom. The summed E-state index contributed by atoms with van der Waals surface area (Å²) in [6, 6.07) is 1.78. The molecule has 0 saturated carbocycles. The zero-order valence-electron chi connectivity index (χ0n) is 7.83. The molecule has 1 aromatic heterocycles. The van der Waals surface area contributed by atoms with Crippen molar-refractivity contribution < 1.29 is 10.2 Å². The maximum atomic E-state index is 9.04. The topological polar surface area (TPSA) is 82.3 Å². The number of nitrogens with two attached hydrogens (primary N) is 1. The van der Waals surface area contributed by atoms with Crippen LogP contribution in [-0.4, -0.2) is 28.4 Å². The summed E-state index contributed by atoms with van der Waals surface area (Å²) in [6.07, 6.45) is 3.27. The predicted molar refractivity (Wildman–Crippen MR) is 55.4 cm³/mol. The Morgan fingerprint density at radius 2 is 2.21 bits per heavy atom. The largest absolute Gasteiger partial charge is 0.398 e. The molecule has 0 atom stereocenters. The first-order valence-corrected chi connectivity index (χ1v) is 4.24. The number of aliphatic hydroxyl groups excluding tert-OH is 2. The van der Waals surface area contributed by atoms with Crippen molar-refractivity contribution in [1.29, 1.82) is 0 Å². The van der Waals surface area contributed by atoms with Crippen LogP contribution >= 0.6 is 0 Å². The van der Waals surface area contributed by atoms with E-state index in [0.29, 0.717) is 16.6 Å². The Labute approximate surface area is 81.7 Å². The van der Waals surface area contributed by atoms with E-state index in [2.05, 4.69) is 11.6 Å². The average molecular weight is 194 g/mol. The summed E-state index contributed by atoms with van der Waals surface area (Å²) < 4.78 is 0. The third kappa shape index (κ3) is 1.86. The van der Waals surface area contributed by atoms with E-state index in [1.807, 2.05) is 0 Å². The minimum atomic E-state index is -0.219. The summed E-state index contributed by atoms with van der Waals surface area (Å²) >= 11 is 0. The molecule has 0 saturated heterocycles. The molecule has 5 N–H and O–H groups in total. The Bertz CT molecular complexity index is 431. The summed E-state index contributed by atoms with van der Waals surface area (Å²) in [5.74, 6) is 0.